The quantitative estimate of drug-likeness (QED) is 0.342. The van der Waals surface area contributed by atoms with Crippen LogP contribution >= 0.6 is 0 Å². The molecule has 1 saturated heterocycles. The fourth-order valence-electron chi connectivity index (χ4n) is 4.50. The highest BCUT2D eigenvalue weighted by molar-refractivity contribution is 6.12. The molecule has 1 aliphatic rings. The van der Waals surface area contributed by atoms with Crippen molar-refractivity contribution in [3.8, 4) is 5.69 Å². The van der Waals surface area contributed by atoms with Crippen molar-refractivity contribution in [2.45, 2.75) is 20.3 Å². The zero-order chi connectivity index (χ0) is 24.7. The lowest BCUT2D eigenvalue weighted by Crippen LogP contribution is -2.36. The van der Waals surface area contributed by atoms with E-state index in [-0.39, 0.29) is 22.6 Å². The van der Waals surface area contributed by atoms with Crippen LogP contribution in [0.5, 0.6) is 0 Å². The second kappa shape index (κ2) is 9.03. The lowest BCUT2D eigenvalue weighted by molar-refractivity contribution is 0.122. The van der Waals surface area contributed by atoms with Crippen molar-refractivity contribution in [2.75, 3.05) is 31.2 Å². The van der Waals surface area contributed by atoms with Gasteiger partial charge in [-0.2, -0.15) is 0 Å². The first-order chi connectivity index (χ1) is 16.9. The Labute approximate surface area is 200 Å². The molecular weight excluding hydrogens is 452 g/mol. The number of anilines is 1. The number of nitrogens with two attached hydrogens (primary N) is 1. The van der Waals surface area contributed by atoms with Crippen molar-refractivity contribution in [1.82, 2.24) is 14.5 Å². The van der Waals surface area contributed by atoms with E-state index in [0.717, 1.165) is 17.8 Å². The zero-order valence-electron chi connectivity index (χ0n) is 19.5. The topological polar surface area (TPSA) is 105 Å². The maximum Gasteiger partial charge on any atom is 0.156 e. The second-order valence-corrected chi connectivity index (χ2v) is 8.36. The number of hydrogen-bond acceptors (Lipinski definition) is 5. The summed E-state index contributed by atoms with van der Waals surface area (Å²) >= 11 is 0. The Morgan fingerprint density at radius 2 is 1.89 bits per heavy atom. The number of nitrogens with one attached hydrogen (secondary N) is 1. The number of halogens is 2. The molecule has 0 amide bonds. The minimum absolute atomic E-state index is 0.0192. The van der Waals surface area contributed by atoms with Crippen LogP contribution in [0.1, 0.15) is 25.2 Å². The number of fused-ring (bicyclic) bond motifs is 2. The van der Waals surface area contributed by atoms with Crippen LogP contribution in [-0.4, -0.2) is 52.5 Å². The van der Waals surface area contributed by atoms with Crippen molar-refractivity contribution >= 4 is 39.3 Å². The summed E-state index contributed by atoms with van der Waals surface area (Å²) in [4.78, 5) is 15.2. The van der Waals surface area contributed by atoms with Crippen molar-refractivity contribution < 1.29 is 13.5 Å². The van der Waals surface area contributed by atoms with Crippen molar-refractivity contribution in [1.29, 1.82) is 5.41 Å². The number of rotatable bonds is 4. The van der Waals surface area contributed by atoms with Gasteiger partial charge in [-0.15, -0.1) is 0 Å². The van der Waals surface area contributed by atoms with Crippen molar-refractivity contribution in [3.05, 3.63) is 59.6 Å². The van der Waals surface area contributed by atoms with Crippen LogP contribution in [-0.2, 0) is 11.2 Å². The van der Waals surface area contributed by atoms with Gasteiger partial charge < -0.3 is 15.4 Å². The maximum atomic E-state index is 15.0. The zero-order valence-corrected chi connectivity index (χ0v) is 19.5. The van der Waals surface area contributed by atoms with Gasteiger partial charge in [-0.1, -0.05) is 6.92 Å². The first-order valence-corrected chi connectivity index (χ1v) is 11.4. The van der Waals surface area contributed by atoms with E-state index in [1.54, 1.807) is 13.0 Å². The number of benzene rings is 2. The van der Waals surface area contributed by atoms with Crippen LogP contribution in [0.2, 0.25) is 0 Å². The van der Waals surface area contributed by atoms with Crippen LogP contribution in [0, 0.1) is 17.0 Å². The molecule has 10 heteroatoms. The summed E-state index contributed by atoms with van der Waals surface area (Å²) in [7, 11) is 0. The van der Waals surface area contributed by atoms with Gasteiger partial charge in [0.1, 0.15) is 28.5 Å². The lowest BCUT2D eigenvalue weighted by atomic mass is 10.1. The number of aliphatic imine (C=N–C) groups is 1. The van der Waals surface area contributed by atoms with Crippen LogP contribution in [0.3, 0.4) is 0 Å². The Morgan fingerprint density at radius 1 is 1.14 bits per heavy atom. The molecular formula is C25H25F2N7O. The third-order valence-electron chi connectivity index (χ3n) is 6.06. The highest BCUT2D eigenvalue weighted by Crippen LogP contribution is 2.34. The standard InChI is InChI=1S/C25H25F2N7O/c1-3-21-32-23-16(25(29)31-14(2)28)12-15(33-8-10-35-11-9-33)13-20(23)34(21)19-6-7-30-24-18(27)5-4-17(26)22(19)24/h4-7,12-13H,3,8-11H2,1-2H3,(H3,28,29,31). The van der Waals surface area contributed by atoms with E-state index in [9.17, 15) is 4.39 Å². The fourth-order valence-corrected chi connectivity index (χ4v) is 4.50. The third kappa shape index (κ3) is 3.99. The molecule has 1 aliphatic heterocycles. The first-order valence-electron chi connectivity index (χ1n) is 11.4. The number of aromatic nitrogens is 3. The lowest BCUT2D eigenvalue weighted by Gasteiger charge is -2.29. The van der Waals surface area contributed by atoms with Crippen molar-refractivity contribution in [3.63, 3.8) is 0 Å². The molecule has 1 fully saturated rings. The van der Waals surface area contributed by atoms with Crippen LogP contribution in [0.4, 0.5) is 14.5 Å². The van der Waals surface area contributed by atoms with Gasteiger partial charge >= 0.3 is 0 Å². The van der Waals surface area contributed by atoms with Gasteiger partial charge in [0.05, 0.1) is 35.6 Å². The predicted octanol–water partition coefficient (Wildman–Crippen LogP) is 3.95. The Balaban J connectivity index is 1.86. The second-order valence-electron chi connectivity index (χ2n) is 8.36. The third-order valence-corrected chi connectivity index (χ3v) is 6.06. The van der Waals surface area contributed by atoms with Gasteiger partial charge in [0.25, 0.3) is 0 Å². The smallest absolute Gasteiger partial charge is 0.156 e. The van der Waals surface area contributed by atoms with E-state index in [2.05, 4.69) is 14.9 Å². The number of pyridine rings is 1. The highest BCUT2D eigenvalue weighted by atomic mass is 19.1. The molecule has 35 heavy (non-hydrogen) atoms. The molecule has 2 aromatic carbocycles. The first kappa shape index (κ1) is 22.9. The Bertz CT molecular complexity index is 1480. The molecule has 0 unspecified atom stereocenters. The van der Waals surface area contributed by atoms with E-state index in [0.29, 0.717) is 60.8 Å². The molecule has 5 rings (SSSR count). The molecule has 0 atom stereocenters. The summed E-state index contributed by atoms with van der Waals surface area (Å²) in [6.45, 7) is 6.10. The number of nitrogens with zero attached hydrogens (tertiary/aromatic N) is 5. The van der Waals surface area contributed by atoms with E-state index in [1.165, 1.54) is 6.20 Å². The molecule has 3 heterocycles. The Morgan fingerprint density at radius 3 is 2.60 bits per heavy atom. The number of imidazole rings is 1. The number of morpholine rings is 1. The monoisotopic (exact) mass is 477 g/mol. The molecule has 8 nitrogen and oxygen atoms in total. The summed E-state index contributed by atoms with van der Waals surface area (Å²) in [5, 5.41) is 8.68. The van der Waals surface area contributed by atoms with Gasteiger partial charge in [-0.05, 0) is 37.3 Å². The summed E-state index contributed by atoms with van der Waals surface area (Å²) in [6.07, 6.45) is 1.98. The Kier molecular flexibility index (Phi) is 5.89. The molecule has 0 aliphatic carbocycles. The molecule has 0 radical (unpaired) electrons. The summed E-state index contributed by atoms with van der Waals surface area (Å²) in [5.74, 6) is -0.302. The molecule has 0 saturated carbocycles. The number of hydrogen-bond donors (Lipinski definition) is 2. The summed E-state index contributed by atoms with van der Waals surface area (Å²) in [5.41, 5.74) is 8.72. The van der Waals surface area contributed by atoms with E-state index in [1.807, 2.05) is 23.6 Å². The van der Waals surface area contributed by atoms with Crippen LogP contribution in [0.25, 0.3) is 27.6 Å². The normalized spacial score (nSPS) is 14.7. The number of ether oxygens (including phenoxy) is 1. The van der Waals surface area contributed by atoms with Crippen molar-refractivity contribution in [2.24, 2.45) is 10.7 Å². The maximum absolute atomic E-state index is 15.0. The molecule has 0 spiro atoms. The van der Waals surface area contributed by atoms with Gasteiger partial charge in [0.2, 0.25) is 0 Å². The molecule has 3 N–H and O–H groups in total. The molecule has 180 valence electrons. The van der Waals surface area contributed by atoms with Crippen LogP contribution in [0.15, 0.2) is 41.5 Å². The van der Waals surface area contributed by atoms with Gasteiger partial charge in [0.15, 0.2) is 5.84 Å². The predicted molar refractivity (Wildman–Crippen MR) is 133 cm³/mol. The van der Waals surface area contributed by atoms with E-state index in [4.69, 9.17) is 20.9 Å². The molecule has 4 aromatic rings. The van der Waals surface area contributed by atoms with Crippen LogP contribution < -0.4 is 10.6 Å². The highest BCUT2D eigenvalue weighted by Gasteiger charge is 2.23. The summed E-state index contributed by atoms with van der Waals surface area (Å²) < 4.78 is 36.9. The minimum atomic E-state index is -0.602. The largest absolute Gasteiger partial charge is 0.387 e. The van der Waals surface area contributed by atoms with Gasteiger partial charge in [-0.3, -0.25) is 15.0 Å². The fraction of sp³-hybridized carbons (Fsp3) is 0.280. The van der Waals surface area contributed by atoms with E-state index >= 15 is 4.39 Å². The van der Waals surface area contributed by atoms with E-state index < -0.39 is 11.6 Å². The SMILES string of the molecule is CCc1nc2c(C(=N)N=C(C)N)cc(N3CCOCC3)cc2n1-c1ccnc2c(F)ccc(F)c12. The van der Waals surface area contributed by atoms with Gasteiger partial charge in [0, 0.05) is 37.0 Å². The minimum Gasteiger partial charge on any atom is -0.387 e. The Hall–Kier alpha value is -3.92. The average Bonchev–Trinajstić information content (AvgIpc) is 3.24. The molecule has 2 aromatic heterocycles. The van der Waals surface area contributed by atoms with Gasteiger partial charge in [-0.25, -0.2) is 18.8 Å². The number of amidine groups is 2. The molecule has 0 bridgehead atoms. The average molecular weight is 478 g/mol. The number of aryl methyl sites for hydroxylation is 1. The summed E-state index contributed by atoms with van der Waals surface area (Å²) in [6, 6.07) is 7.67.